The molecule has 0 aliphatic rings. The highest BCUT2D eigenvalue weighted by atomic mass is 35.5. The Labute approximate surface area is 143 Å². The van der Waals surface area contributed by atoms with E-state index in [9.17, 15) is 9.59 Å². The third kappa shape index (κ3) is 3.68. The van der Waals surface area contributed by atoms with Gasteiger partial charge in [-0.2, -0.15) is 0 Å². The van der Waals surface area contributed by atoms with E-state index < -0.39 is 11.5 Å². The van der Waals surface area contributed by atoms with Crippen LogP contribution in [0.3, 0.4) is 0 Å². The number of methoxy groups -OCH3 is 2. The Balaban J connectivity index is 2.45. The van der Waals surface area contributed by atoms with Gasteiger partial charge in [-0.1, -0.05) is 23.7 Å². The lowest BCUT2D eigenvalue weighted by molar-refractivity contribution is 0.0599. The first-order valence-corrected chi connectivity index (χ1v) is 7.62. The molecule has 1 heterocycles. The number of alkyl halides is 1. The van der Waals surface area contributed by atoms with E-state index >= 15 is 0 Å². The fourth-order valence-electron chi connectivity index (χ4n) is 2.15. The van der Waals surface area contributed by atoms with E-state index in [1.807, 2.05) is 12.1 Å². The van der Waals surface area contributed by atoms with Gasteiger partial charge in [0, 0.05) is 12.1 Å². The summed E-state index contributed by atoms with van der Waals surface area (Å²) >= 11 is 11.9. The number of benzene rings is 1. The maximum Gasteiger partial charge on any atom is 0.339 e. The molecule has 0 aliphatic carbocycles. The van der Waals surface area contributed by atoms with Gasteiger partial charge in [-0.05, 0) is 23.3 Å². The maximum atomic E-state index is 12.4. The Kier molecular flexibility index (Phi) is 5.69. The number of hydrogen-bond acceptors (Lipinski definition) is 4. The fourth-order valence-corrected chi connectivity index (χ4v) is 2.66. The smallest absolute Gasteiger partial charge is 0.339 e. The van der Waals surface area contributed by atoms with Gasteiger partial charge < -0.3 is 14.0 Å². The van der Waals surface area contributed by atoms with Crippen LogP contribution in [0.2, 0.25) is 5.02 Å². The van der Waals surface area contributed by atoms with E-state index in [1.165, 1.54) is 17.9 Å². The van der Waals surface area contributed by atoms with Crippen molar-refractivity contribution >= 4 is 29.2 Å². The van der Waals surface area contributed by atoms with Crippen LogP contribution in [0.25, 0.3) is 0 Å². The molecule has 0 unspecified atom stereocenters. The molecule has 2 aromatic rings. The molecule has 1 aromatic heterocycles. The second-order valence-electron chi connectivity index (χ2n) is 4.75. The predicted molar refractivity (Wildman–Crippen MR) is 88.7 cm³/mol. The molecule has 0 saturated carbocycles. The van der Waals surface area contributed by atoms with E-state index in [4.69, 9.17) is 27.9 Å². The van der Waals surface area contributed by atoms with Gasteiger partial charge in [0.15, 0.2) is 0 Å². The van der Waals surface area contributed by atoms with Crippen molar-refractivity contribution in [2.75, 3.05) is 14.2 Å². The highest BCUT2D eigenvalue weighted by Crippen LogP contribution is 2.20. The Morgan fingerprint density at radius 3 is 2.39 bits per heavy atom. The Morgan fingerprint density at radius 2 is 1.87 bits per heavy atom. The maximum absolute atomic E-state index is 12.4. The first-order valence-electron chi connectivity index (χ1n) is 6.70. The van der Waals surface area contributed by atoms with Crippen LogP contribution in [-0.2, 0) is 17.2 Å². The van der Waals surface area contributed by atoms with Crippen molar-refractivity contribution in [2.45, 2.75) is 12.4 Å². The van der Waals surface area contributed by atoms with Crippen molar-refractivity contribution < 1.29 is 14.3 Å². The minimum atomic E-state index is -0.681. The number of halogens is 2. The lowest BCUT2D eigenvalue weighted by Gasteiger charge is -2.13. The van der Waals surface area contributed by atoms with Crippen LogP contribution in [0.5, 0.6) is 5.75 Å². The van der Waals surface area contributed by atoms with Crippen molar-refractivity contribution in [3.05, 3.63) is 62.5 Å². The molecule has 23 heavy (non-hydrogen) atoms. The molecule has 0 saturated heterocycles. The number of carbonyl (C=O) groups excluding carboxylic acids is 1. The summed E-state index contributed by atoms with van der Waals surface area (Å²) in [7, 11) is 2.80. The topological polar surface area (TPSA) is 57.5 Å². The molecule has 5 nitrogen and oxygen atoms in total. The lowest BCUT2D eigenvalue weighted by Crippen LogP contribution is -2.25. The molecule has 0 bridgehead atoms. The van der Waals surface area contributed by atoms with Crippen LogP contribution in [0, 0.1) is 0 Å². The Morgan fingerprint density at radius 1 is 1.22 bits per heavy atom. The first-order chi connectivity index (χ1) is 11.0. The first kappa shape index (κ1) is 17.4. The summed E-state index contributed by atoms with van der Waals surface area (Å²) in [6.07, 6.45) is 1.53. The molecule has 1 aromatic carbocycles. The SMILES string of the molecule is COC(=O)c1c(CCl)cn(Cc2ccc(OC)cc2)c(=O)c1Cl. The summed E-state index contributed by atoms with van der Waals surface area (Å²) < 4.78 is 11.2. The molecule has 0 aliphatic heterocycles. The number of nitrogens with zero attached hydrogens (tertiary/aromatic N) is 1. The van der Waals surface area contributed by atoms with Crippen molar-refractivity contribution in [1.82, 2.24) is 4.57 Å². The van der Waals surface area contributed by atoms with Gasteiger partial charge in [-0.25, -0.2) is 4.79 Å². The van der Waals surface area contributed by atoms with Crippen LogP contribution >= 0.6 is 23.2 Å². The summed E-state index contributed by atoms with van der Waals surface area (Å²) in [5, 5.41) is -0.191. The number of hydrogen-bond donors (Lipinski definition) is 0. The molecule has 0 radical (unpaired) electrons. The summed E-state index contributed by atoms with van der Waals surface area (Å²) in [6, 6.07) is 7.28. The minimum absolute atomic E-state index is 0.0140. The van der Waals surface area contributed by atoms with E-state index in [0.717, 1.165) is 11.3 Å². The zero-order valence-corrected chi connectivity index (χ0v) is 14.1. The number of carbonyl (C=O) groups is 1. The van der Waals surface area contributed by atoms with Gasteiger partial charge in [-0.3, -0.25) is 4.79 Å². The van der Waals surface area contributed by atoms with E-state index in [1.54, 1.807) is 19.2 Å². The van der Waals surface area contributed by atoms with Gasteiger partial charge in [0.2, 0.25) is 0 Å². The third-order valence-corrected chi connectivity index (χ3v) is 3.98. The normalized spacial score (nSPS) is 10.4. The molecular formula is C16H15Cl2NO4. The van der Waals surface area contributed by atoms with Crippen LogP contribution in [0.15, 0.2) is 35.3 Å². The molecule has 7 heteroatoms. The van der Waals surface area contributed by atoms with Gasteiger partial charge in [-0.15, -0.1) is 11.6 Å². The Hall–Kier alpha value is -1.98. The van der Waals surface area contributed by atoms with Crippen LogP contribution in [0.1, 0.15) is 21.5 Å². The highest BCUT2D eigenvalue weighted by Gasteiger charge is 2.20. The average molecular weight is 356 g/mol. The van der Waals surface area contributed by atoms with Crippen molar-refractivity contribution in [1.29, 1.82) is 0 Å². The summed E-state index contributed by atoms with van der Waals surface area (Å²) in [5.74, 6) is 0.0773. The summed E-state index contributed by atoms with van der Waals surface area (Å²) in [4.78, 5) is 24.1. The molecule has 0 amide bonds. The quantitative estimate of drug-likeness (QED) is 0.610. The zero-order chi connectivity index (χ0) is 17.0. The van der Waals surface area contributed by atoms with Crippen LogP contribution in [-0.4, -0.2) is 24.8 Å². The monoisotopic (exact) mass is 355 g/mol. The summed E-state index contributed by atoms with van der Waals surface area (Å²) in [5.41, 5.74) is 0.865. The lowest BCUT2D eigenvalue weighted by atomic mass is 10.1. The second-order valence-corrected chi connectivity index (χ2v) is 5.39. The molecule has 122 valence electrons. The summed E-state index contributed by atoms with van der Waals surface area (Å²) in [6.45, 7) is 0.299. The van der Waals surface area contributed by atoms with Crippen molar-refractivity contribution in [2.24, 2.45) is 0 Å². The highest BCUT2D eigenvalue weighted by molar-refractivity contribution is 6.33. The van der Waals surface area contributed by atoms with E-state index in [-0.39, 0.29) is 16.5 Å². The third-order valence-electron chi connectivity index (χ3n) is 3.35. The van der Waals surface area contributed by atoms with Gasteiger partial charge in [0.05, 0.1) is 26.3 Å². The van der Waals surface area contributed by atoms with Crippen molar-refractivity contribution in [3.63, 3.8) is 0 Å². The minimum Gasteiger partial charge on any atom is -0.497 e. The molecule has 0 N–H and O–H groups in total. The largest absolute Gasteiger partial charge is 0.497 e. The number of pyridine rings is 1. The van der Waals surface area contributed by atoms with Gasteiger partial charge in [0.1, 0.15) is 10.8 Å². The zero-order valence-electron chi connectivity index (χ0n) is 12.6. The van der Waals surface area contributed by atoms with E-state index in [2.05, 4.69) is 4.74 Å². The molecule has 0 spiro atoms. The fraction of sp³-hybridized carbons (Fsp3) is 0.250. The van der Waals surface area contributed by atoms with Gasteiger partial charge in [0.25, 0.3) is 5.56 Å². The van der Waals surface area contributed by atoms with Crippen LogP contribution < -0.4 is 10.3 Å². The predicted octanol–water partition coefficient (Wildman–Crippen LogP) is 3.08. The van der Waals surface area contributed by atoms with Gasteiger partial charge >= 0.3 is 5.97 Å². The number of rotatable bonds is 5. The molecule has 2 rings (SSSR count). The molecule has 0 fully saturated rings. The van der Waals surface area contributed by atoms with Crippen molar-refractivity contribution in [3.8, 4) is 5.75 Å². The van der Waals surface area contributed by atoms with Crippen LogP contribution in [0.4, 0.5) is 0 Å². The molecule has 0 atom stereocenters. The Bertz CT molecular complexity index is 769. The average Bonchev–Trinajstić information content (AvgIpc) is 2.58. The van der Waals surface area contributed by atoms with E-state index in [0.29, 0.717) is 12.1 Å². The number of ether oxygens (including phenoxy) is 2. The second kappa shape index (κ2) is 7.53. The number of esters is 1. The standard InChI is InChI=1S/C16H15Cl2NO4/c1-22-12-5-3-10(4-6-12)8-19-9-11(7-17)13(16(21)23-2)14(18)15(19)20/h3-6,9H,7-8H2,1-2H3. The molecular weight excluding hydrogens is 341 g/mol. The number of aromatic nitrogens is 1.